The number of esters is 1. The third-order valence-corrected chi connectivity index (χ3v) is 2.01. The van der Waals surface area contributed by atoms with E-state index >= 15 is 0 Å². The molecule has 1 aromatic carbocycles. The molecule has 0 saturated heterocycles. The van der Waals surface area contributed by atoms with Crippen molar-refractivity contribution in [1.29, 1.82) is 5.41 Å². The number of hydrogen-bond donors (Lipinski definition) is 2. The van der Waals surface area contributed by atoms with Crippen LogP contribution in [0.25, 0.3) is 0 Å². The summed E-state index contributed by atoms with van der Waals surface area (Å²) in [7, 11) is 0. The van der Waals surface area contributed by atoms with E-state index in [1.54, 1.807) is 12.8 Å². The smallest absolute Gasteiger partial charge is 0.368 e. The van der Waals surface area contributed by atoms with Crippen LogP contribution in [0.3, 0.4) is 0 Å². The van der Waals surface area contributed by atoms with Crippen molar-refractivity contribution in [3.63, 3.8) is 0 Å². The lowest BCUT2D eigenvalue weighted by Gasteiger charge is -1.99. The molecule has 1 aromatic rings. The highest BCUT2D eigenvalue weighted by molar-refractivity contribution is 5.96. The van der Waals surface area contributed by atoms with Gasteiger partial charge in [-0.05, 0) is 13.0 Å². The van der Waals surface area contributed by atoms with Gasteiger partial charge in [-0.3, -0.25) is 15.5 Å². The molecule has 0 aliphatic carbocycles. The molecule has 20 heavy (non-hydrogen) atoms. The zero-order chi connectivity index (χ0) is 15.1. The van der Waals surface area contributed by atoms with Gasteiger partial charge in [-0.15, -0.1) is 10.2 Å². The Morgan fingerprint density at radius 1 is 1.60 bits per heavy atom. The third-order valence-electron chi connectivity index (χ3n) is 2.01. The molecule has 0 radical (unpaired) electrons. The number of nitro groups is 1. The van der Waals surface area contributed by atoms with Gasteiger partial charge in [-0.25, -0.2) is 4.79 Å². The van der Waals surface area contributed by atoms with E-state index < -0.39 is 16.6 Å². The molecule has 0 aromatic heterocycles. The van der Waals surface area contributed by atoms with Crippen molar-refractivity contribution in [2.45, 2.75) is 6.92 Å². The number of benzene rings is 1. The predicted octanol–water partition coefficient (Wildman–Crippen LogP) is 2.08. The van der Waals surface area contributed by atoms with E-state index in [0.29, 0.717) is 0 Å². The van der Waals surface area contributed by atoms with Gasteiger partial charge in [0.25, 0.3) is 5.69 Å². The summed E-state index contributed by atoms with van der Waals surface area (Å²) in [6, 6.07) is 3.14. The minimum atomic E-state index is -0.906. The summed E-state index contributed by atoms with van der Waals surface area (Å²) < 4.78 is 4.59. The zero-order valence-electron chi connectivity index (χ0n) is 10.4. The second kappa shape index (κ2) is 6.76. The van der Waals surface area contributed by atoms with E-state index in [4.69, 9.17) is 5.41 Å². The number of phenols is 1. The van der Waals surface area contributed by atoms with Crippen LogP contribution in [0, 0.1) is 15.5 Å². The van der Waals surface area contributed by atoms with Gasteiger partial charge in [0.2, 0.25) is 5.70 Å². The van der Waals surface area contributed by atoms with Crippen LogP contribution in [-0.2, 0) is 9.53 Å². The summed E-state index contributed by atoms with van der Waals surface area (Å²) in [5, 5.41) is 33.8. The maximum absolute atomic E-state index is 11.3. The van der Waals surface area contributed by atoms with Gasteiger partial charge in [0.15, 0.2) is 0 Å². The van der Waals surface area contributed by atoms with Crippen LogP contribution >= 0.6 is 0 Å². The number of nitrogens with one attached hydrogen (secondary N) is 1. The molecule has 0 saturated carbocycles. The number of carbonyl (C=O) groups is 1. The molecule has 0 heterocycles. The number of azo groups is 1. The molecule has 0 atom stereocenters. The molecular formula is C11H10N4O5. The van der Waals surface area contributed by atoms with Crippen molar-refractivity contribution in [3.05, 3.63) is 34.0 Å². The van der Waals surface area contributed by atoms with Gasteiger partial charge >= 0.3 is 5.97 Å². The van der Waals surface area contributed by atoms with Gasteiger partial charge in [-0.1, -0.05) is 0 Å². The molecule has 0 aliphatic rings. The molecule has 1 rings (SSSR count). The Balaban J connectivity index is 3.05. The van der Waals surface area contributed by atoms with Crippen molar-refractivity contribution < 1.29 is 19.6 Å². The van der Waals surface area contributed by atoms with Gasteiger partial charge in [0.05, 0.1) is 11.5 Å². The lowest BCUT2D eigenvalue weighted by molar-refractivity contribution is -0.384. The Kier molecular flexibility index (Phi) is 5.07. The highest BCUT2D eigenvalue weighted by atomic mass is 16.6. The number of hydrogen-bond acceptors (Lipinski definition) is 8. The summed E-state index contributed by atoms with van der Waals surface area (Å²) in [6.45, 7) is 1.66. The van der Waals surface area contributed by atoms with E-state index in [-0.39, 0.29) is 23.7 Å². The van der Waals surface area contributed by atoms with Crippen LogP contribution in [0.2, 0.25) is 0 Å². The minimum Gasteiger partial charge on any atom is -0.506 e. The fraction of sp³-hybridized carbons (Fsp3) is 0.182. The molecule has 0 unspecified atom stereocenters. The lowest BCUT2D eigenvalue weighted by Crippen LogP contribution is -2.06. The second-order valence-corrected chi connectivity index (χ2v) is 3.32. The van der Waals surface area contributed by atoms with Gasteiger partial charge in [-0.2, -0.15) is 0 Å². The molecule has 0 bridgehead atoms. The van der Waals surface area contributed by atoms with Crippen LogP contribution in [0.1, 0.15) is 6.92 Å². The van der Waals surface area contributed by atoms with Crippen LogP contribution in [0.4, 0.5) is 11.4 Å². The molecule has 9 heteroatoms. The van der Waals surface area contributed by atoms with Gasteiger partial charge < -0.3 is 9.84 Å². The fourth-order valence-electron chi connectivity index (χ4n) is 1.13. The average Bonchev–Trinajstić information content (AvgIpc) is 2.41. The van der Waals surface area contributed by atoms with E-state index in [1.165, 1.54) is 0 Å². The Bertz CT molecular complexity index is 619. The molecule has 0 aliphatic heterocycles. The van der Waals surface area contributed by atoms with Crippen molar-refractivity contribution in [2.24, 2.45) is 10.2 Å². The molecule has 104 valence electrons. The number of phenolic OH excluding ortho intramolecular Hbond substituents is 1. The number of ether oxygens (including phenoxy) is 1. The van der Waals surface area contributed by atoms with Crippen molar-refractivity contribution in [1.82, 2.24) is 0 Å². The van der Waals surface area contributed by atoms with Crippen molar-refractivity contribution in [3.8, 4) is 5.75 Å². The summed E-state index contributed by atoms with van der Waals surface area (Å²) >= 11 is 0. The Morgan fingerprint density at radius 3 is 2.85 bits per heavy atom. The number of non-ortho nitro benzene ring substituents is 1. The van der Waals surface area contributed by atoms with E-state index in [2.05, 4.69) is 15.0 Å². The monoisotopic (exact) mass is 278 g/mol. The normalized spacial score (nSPS) is 10.1. The van der Waals surface area contributed by atoms with Crippen molar-refractivity contribution >= 4 is 23.2 Å². The van der Waals surface area contributed by atoms with Gasteiger partial charge in [0, 0.05) is 18.0 Å². The quantitative estimate of drug-likeness (QED) is 0.212. The van der Waals surface area contributed by atoms with Crippen LogP contribution in [0.5, 0.6) is 5.75 Å². The SMILES string of the molecule is CCOC(=O)C(=C=N)N=Nc1cc([N+](=O)[O-])ccc1O. The molecule has 9 nitrogen and oxygen atoms in total. The van der Waals surface area contributed by atoms with E-state index in [1.807, 2.05) is 0 Å². The molecule has 2 N–H and O–H groups in total. The Morgan fingerprint density at radius 2 is 2.30 bits per heavy atom. The van der Waals surface area contributed by atoms with Crippen LogP contribution in [0.15, 0.2) is 34.1 Å². The molecule has 0 amide bonds. The maximum Gasteiger partial charge on any atom is 0.368 e. The van der Waals surface area contributed by atoms with Crippen molar-refractivity contribution in [2.75, 3.05) is 6.61 Å². The number of aromatic hydroxyl groups is 1. The highest BCUT2D eigenvalue weighted by Crippen LogP contribution is 2.30. The third kappa shape index (κ3) is 3.72. The largest absolute Gasteiger partial charge is 0.506 e. The summed E-state index contributed by atoms with van der Waals surface area (Å²) in [5.41, 5.74) is -1.03. The summed E-state index contributed by atoms with van der Waals surface area (Å²) in [5.74, 6) is 0.469. The summed E-state index contributed by atoms with van der Waals surface area (Å²) in [6.07, 6.45) is 0. The maximum atomic E-state index is 11.3. The number of rotatable bonds is 5. The first kappa shape index (κ1) is 15.0. The molecular weight excluding hydrogens is 268 g/mol. The van der Waals surface area contributed by atoms with Crippen LogP contribution < -0.4 is 0 Å². The lowest BCUT2D eigenvalue weighted by atomic mass is 10.2. The zero-order valence-corrected chi connectivity index (χ0v) is 10.4. The number of carbonyl (C=O) groups excluding carboxylic acids is 1. The first-order chi connectivity index (χ1) is 9.49. The average molecular weight is 278 g/mol. The molecule has 0 spiro atoms. The predicted molar refractivity (Wildman–Crippen MR) is 67.1 cm³/mol. The highest BCUT2D eigenvalue weighted by Gasteiger charge is 2.12. The minimum absolute atomic E-state index is 0.0849. The fourth-order valence-corrected chi connectivity index (χ4v) is 1.13. The molecule has 0 fully saturated rings. The standard InChI is InChI=1S/C11H10N4O5/c1-2-20-11(17)9(6-12)14-13-8-5-7(15(18)19)3-4-10(8)16/h3-5,12,16H,2H2,1H3. The second-order valence-electron chi connectivity index (χ2n) is 3.32. The number of nitro benzene ring substituents is 1. The first-order valence-electron chi connectivity index (χ1n) is 5.35. The first-order valence-corrected chi connectivity index (χ1v) is 5.35. The van der Waals surface area contributed by atoms with E-state index in [0.717, 1.165) is 18.2 Å². The van der Waals surface area contributed by atoms with Crippen LogP contribution in [-0.4, -0.2) is 28.5 Å². The number of nitrogens with zero attached hydrogens (tertiary/aromatic N) is 3. The topological polar surface area (TPSA) is 138 Å². The van der Waals surface area contributed by atoms with Gasteiger partial charge in [0.1, 0.15) is 11.4 Å². The Labute approximate surface area is 112 Å². The van der Waals surface area contributed by atoms with E-state index in [9.17, 15) is 20.0 Å². The Hall–Kier alpha value is -3.06. The summed E-state index contributed by atoms with van der Waals surface area (Å²) in [4.78, 5) is 21.2.